The van der Waals surface area contributed by atoms with Gasteiger partial charge in [0, 0.05) is 43.7 Å². The van der Waals surface area contributed by atoms with Gasteiger partial charge in [-0.25, -0.2) is 23.1 Å². The number of amides is 1. The molecule has 0 spiro atoms. The van der Waals surface area contributed by atoms with Crippen molar-refractivity contribution in [1.82, 2.24) is 29.5 Å². The molecule has 0 aliphatic heterocycles. The number of pyridine rings is 2. The van der Waals surface area contributed by atoms with Gasteiger partial charge in [0.05, 0.1) is 15.4 Å². The van der Waals surface area contributed by atoms with E-state index in [4.69, 9.17) is 0 Å². The molecule has 0 fully saturated rings. The largest absolute Gasteiger partial charge is 0.348 e. The number of nitrogens with one attached hydrogen (secondary N) is 1. The summed E-state index contributed by atoms with van der Waals surface area (Å²) < 4.78 is 29.2. The van der Waals surface area contributed by atoms with Crippen LogP contribution < -0.4 is 5.32 Å². The van der Waals surface area contributed by atoms with E-state index in [-0.39, 0.29) is 22.2 Å². The fraction of sp³-hybridized carbons (Fsp3) is 0.0435. The van der Waals surface area contributed by atoms with Crippen LogP contribution in [0.5, 0.6) is 0 Å². The number of carbonyl (C=O) groups excluding carboxylic acids is 1. The number of sulfone groups is 1. The average Bonchev–Trinajstić information content (AvgIpc) is 3.55. The van der Waals surface area contributed by atoms with Crippen molar-refractivity contribution < 1.29 is 13.2 Å². The quantitative estimate of drug-likeness (QED) is 0.419. The van der Waals surface area contributed by atoms with Crippen LogP contribution in [0.4, 0.5) is 0 Å². The molecule has 0 unspecified atom stereocenters. The first-order valence-corrected chi connectivity index (χ1v) is 11.5. The zero-order valence-corrected chi connectivity index (χ0v) is 18.1. The van der Waals surface area contributed by atoms with Crippen molar-refractivity contribution in [3.05, 3.63) is 103 Å². The Hall–Kier alpha value is -4.31. The van der Waals surface area contributed by atoms with Gasteiger partial charge in [-0.3, -0.25) is 4.79 Å². The van der Waals surface area contributed by atoms with Gasteiger partial charge in [-0.2, -0.15) is 5.10 Å². The first kappa shape index (κ1) is 20.6. The lowest BCUT2D eigenvalue weighted by Gasteiger charge is -2.08. The van der Waals surface area contributed by atoms with Crippen LogP contribution in [0.3, 0.4) is 0 Å². The van der Waals surface area contributed by atoms with E-state index in [9.17, 15) is 13.2 Å². The summed E-state index contributed by atoms with van der Waals surface area (Å²) in [7, 11) is -3.72. The lowest BCUT2D eigenvalue weighted by atomic mass is 10.2. The van der Waals surface area contributed by atoms with E-state index < -0.39 is 9.84 Å². The van der Waals surface area contributed by atoms with Gasteiger partial charge in [0.1, 0.15) is 5.65 Å². The Bertz CT molecular complexity index is 1520. The molecule has 0 aliphatic carbocycles. The predicted molar refractivity (Wildman–Crippen MR) is 120 cm³/mol. The lowest BCUT2D eigenvalue weighted by Crippen LogP contribution is -2.23. The minimum Gasteiger partial charge on any atom is -0.348 e. The third-order valence-corrected chi connectivity index (χ3v) is 6.86. The highest BCUT2D eigenvalue weighted by atomic mass is 32.2. The molecule has 5 aromatic rings. The van der Waals surface area contributed by atoms with Crippen molar-refractivity contribution in [2.24, 2.45) is 0 Å². The maximum atomic E-state index is 12.9. The summed E-state index contributed by atoms with van der Waals surface area (Å²) in [6.07, 6.45) is 9.80. The molecule has 0 radical (unpaired) electrons. The molecule has 0 aliphatic rings. The molecule has 0 saturated heterocycles. The molecule has 164 valence electrons. The number of rotatable bonds is 6. The molecule has 0 atom stereocenters. The van der Waals surface area contributed by atoms with E-state index in [0.717, 1.165) is 11.2 Å². The molecule has 1 amide bonds. The highest BCUT2D eigenvalue weighted by molar-refractivity contribution is 7.91. The summed E-state index contributed by atoms with van der Waals surface area (Å²) in [5.41, 5.74) is 2.04. The summed E-state index contributed by atoms with van der Waals surface area (Å²) in [6.45, 7) is 0.265. The topological polar surface area (TPSA) is 111 Å². The monoisotopic (exact) mass is 458 g/mol. The molecular weight excluding hydrogens is 440 g/mol. The van der Waals surface area contributed by atoms with Crippen LogP contribution in [-0.2, 0) is 16.4 Å². The van der Waals surface area contributed by atoms with Crippen LogP contribution in [0.2, 0.25) is 0 Å². The fourth-order valence-electron chi connectivity index (χ4n) is 3.33. The van der Waals surface area contributed by atoms with E-state index in [1.807, 2.05) is 0 Å². The predicted octanol–water partition coefficient (Wildman–Crippen LogP) is 2.68. The minimum absolute atomic E-state index is 0.0920. The summed E-state index contributed by atoms with van der Waals surface area (Å²) in [6, 6.07) is 14.7. The zero-order valence-electron chi connectivity index (χ0n) is 17.2. The molecule has 1 aromatic carbocycles. The Morgan fingerprint density at radius 2 is 1.73 bits per heavy atom. The summed E-state index contributed by atoms with van der Waals surface area (Å²) in [5.74, 6) is 0.294. The zero-order chi connectivity index (χ0) is 22.8. The molecule has 0 saturated carbocycles. The van der Waals surface area contributed by atoms with Crippen LogP contribution >= 0.6 is 0 Å². The lowest BCUT2D eigenvalue weighted by molar-refractivity contribution is 0.0950. The maximum absolute atomic E-state index is 12.9. The third kappa shape index (κ3) is 4.11. The van der Waals surface area contributed by atoms with Crippen molar-refractivity contribution in [1.29, 1.82) is 0 Å². The van der Waals surface area contributed by atoms with Gasteiger partial charge in [0.15, 0.2) is 5.82 Å². The molecule has 4 heterocycles. The van der Waals surface area contributed by atoms with Crippen molar-refractivity contribution >= 4 is 21.4 Å². The smallest absolute Gasteiger partial charge is 0.253 e. The number of imidazole rings is 1. The van der Waals surface area contributed by atoms with Gasteiger partial charge < -0.3 is 9.72 Å². The van der Waals surface area contributed by atoms with Crippen LogP contribution in [0.25, 0.3) is 11.5 Å². The van der Waals surface area contributed by atoms with Gasteiger partial charge in [-0.1, -0.05) is 12.1 Å². The van der Waals surface area contributed by atoms with Gasteiger partial charge >= 0.3 is 0 Å². The van der Waals surface area contributed by atoms with E-state index in [2.05, 4.69) is 20.4 Å². The van der Waals surface area contributed by atoms with Crippen molar-refractivity contribution in [3.63, 3.8) is 0 Å². The second-order valence-electron chi connectivity index (χ2n) is 7.24. The normalized spacial score (nSPS) is 11.5. The Morgan fingerprint density at radius 1 is 0.909 bits per heavy atom. The highest BCUT2D eigenvalue weighted by Gasteiger charge is 2.18. The number of carbonyl (C=O) groups is 1. The molecule has 1 N–H and O–H groups in total. The van der Waals surface area contributed by atoms with Gasteiger partial charge in [-0.15, -0.1) is 0 Å². The van der Waals surface area contributed by atoms with Crippen molar-refractivity contribution in [3.8, 4) is 5.82 Å². The Balaban J connectivity index is 1.27. The van der Waals surface area contributed by atoms with Crippen LogP contribution in [0, 0.1) is 0 Å². The first-order valence-electron chi connectivity index (χ1n) is 10.0. The molecule has 10 heteroatoms. The molecule has 33 heavy (non-hydrogen) atoms. The maximum Gasteiger partial charge on any atom is 0.253 e. The van der Waals surface area contributed by atoms with Crippen molar-refractivity contribution in [2.75, 3.05) is 0 Å². The number of fused-ring (bicyclic) bond motifs is 1. The molecule has 4 aromatic heterocycles. The number of aromatic nitrogens is 5. The standard InChI is InChI=1S/C23H18N6O3S/c30-23(18-4-8-21-24-11-13-28(21)16-18)26-14-17-2-5-19(6-3-17)33(31,32)20-7-9-22(25-15-20)29-12-1-10-27-29/h1-13,15-16H,14H2,(H,26,30). The third-order valence-electron chi connectivity index (χ3n) is 5.11. The highest BCUT2D eigenvalue weighted by Crippen LogP contribution is 2.21. The second-order valence-corrected chi connectivity index (χ2v) is 9.19. The van der Waals surface area contributed by atoms with Crippen LogP contribution in [0.15, 0.2) is 102 Å². The van der Waals surface area contributed by atoms with E-state index in [1.54, 1.807) is 76.5 Å². The Morgan fingerprint density at radius 3 is 2.45 bits per heavy atom. The first-order chi connectivity index (χ1) is 16.0. The van der Waals surface area contributed by atoms with Gasteiger partial charge in [0.25, 0.3) is 5.91 Å². The van der Waals surface area contributed by atoms with E-state index in [0.29, 0.717) is 11.4 Å². The Labute approximate surface area is 189 Å². The van der Waals surface area contributed by atoms with Gasteiger partial charge in [-0.05, 0) is 48.0 Å². The van der Waals surface area contributed by atoms with Crippen LogP contribution in [0.1, 0.15) is 15.9 Å². The number of hydrogen-bond acceptors (Lipinski definition) is 6. The van der Waals surface area contributed by atoms with E-state index >= 15 is 0 Å². The molecule has 0 bridgehead atoms. The number of benzene rings is 1. The minimum atomic E-state index is -3.72. The number of nitrogens with zero attached hydrogens (tertiary/aromatic N) is 5. The Kier molecular flexibility index (Phi) is 5.19. The molecule has 9 nitrogen and oxygen atoms in total. The SMILES string of the molecule is O=C(NCc1ccc(S(=O)(=O)c2ccc(-n3cccn3)nc2)cc1)c1ccc2nccn2c1. The fourth-order valence-corrected chi connectivity index (χ4v) is 4.54. The van der Waals surface area contributed by atoms with Gasteiger partial charge in [0.2, 0.25) is 9.84 Å². The molecular formula is C23H18N6O3S. The average molecular weight is 459 g/mol. The van der Waals surface area contributed by atoms with E-state index in [1.165, 1.54) is 24.4 Å². The number of hydrogen-bond donors (Lipinski definition) is 1. The second kappa shape index (κ2) is 8.32. The van der Waals surface area contributed by atoms with Crippen LogP contribution in [-0.4, -0.2) is 38.5 Å². The summed E-state index contributed by atoms with van der Waals surface area (Å²) in [5, 5.41) is 6.92. The molecule has 5 rings (SSSR count). The summed E-state index contributed by atoms with van der Waals surface area (Å²) in [4.78, 5) is 21.0. The van der Waals surface area contributed by atoms with Crippen molar-refractivity contribution in [2.45, 2.75) is 16.3 Å². The summed E-state index contributed by atoms with van der Waals surface area (Å²) >= 11 is 0.